The lowest BCUT2D eigenvalue weighted by molar-refractivity contribution is 0.0779. The first kappa shape index (κ1) is 11.6. The smallest absolute Gasteiger partial charge is 0.276 e. The zero-order valence-electron chi connectivity index (χ0n) is 9.22. The second-order valence-electron chi connectivity index (χ2n) is 3.65. The number of halogens is 1. The fourth-order valence-electron chi connectivity index (χ4n) is 1.48. The van der Waals surface area contributed by atoms with Crippen molar-refractivity contribution in [2.75, 3.05) is 7.05 Å². The number of aromatic nitrogens is 3. The molecule has 17 heavy (non-hydrogen) atoms. The van der Waals surface area contributed by atoms with Crippen molar-refractivity contribution in [1.82, 2.24) is 20.3 Å². The third kappa shape index (κ3) is 2.82. The van der Waals surface area contributed by atoms with E-state index in [1.807, 2.05) is 18.2 Å². The molecule has 6 heteroatoms. The number of carbonyl (C=O) groups excluding carboxylic acids is 1. The molecule has 0 saturated heterocycles. The van der Waals surface area contributed by atoms with Crippen LogP contribution < -0.4 is 0 Å². The second kappa shape index (κ2) is 4.97. The maximum atomic E-state index is 11.9. The highest BCUT2D eigenvalue weighted by molar-refractivity contribution is 6.30. The number of benzene rings is 1. The minimum Gasteiger partial charge on any atom is -0.336 e. The van der Waals surface area contributed by atoms with E-state index in [9.17, 15) is 4.79 Å². The van der Waals surface area contributed by atoms with E-state index < -0.39 is 0 Å². The molecule has 0 saturated carbocycles. The molecule has 0 spiro atoms. The molecule has 0 atom stereocenters. The average Bonchev–Trinajstić information content (AvgIpc) is 2.81. The minimum atomic E-state index is -0.182. The highest BCUT2D eigenvalue weighted by Crippen LogP contribution is 2.12. The van der Waals surface area contributed by atoms with Crippen LogP contribution in [0.15, 0.2) is 30.5 Å². The van der Waals surface area contributed by atoms with Gasteiger partial charge in [0.15, 0.2) is 5.69 Å². The monoisotopic (exact) mass is 250 g/mol. The van der Waals surface area contributed by atoms with Crippen LogP contribution in [-0.4, -0.2) is 33.3 Å². The summed E-state index contributed by atoms with van der Waals surface area (Å²) in [6.07, 6.45) is 1.40. The van der Waals surface area contributed by atoms with E-state index in [4.69, 9.17) is 11.6 Å². The van der Waals surface area contributed by atoms with Gasteiger partial charge in [-0.15, -0.1) is 0 Å². The summed E-state index contributed by atoms with van der Waals surface area (Å²) in [5, 5.41) is 10.4. The molecule has 1 aromatic carbocycles. The topological polar surface area (TPSA) is 61.9 Å². The van der Waals surface area contributed by atoms with Crippen LogP contribution in [0.3, 0.4) is 0 Å². The highest BCUT2D eigenvalue weighted by Gasteiger charge is 2.14. The van der Waals surface area contributed by atoms with Crippen molar-refractivity contribution >= 4 is 17.5 Å². The van der Waals surface area contributed by atoms with Crippen molar-refractivity contribution in [3.05, 3.63) is 46.7 Å². The van der Waals surface area contributed by atoms with E-state index in [2.05, 4.69) is 15.4 Å². The minimum absolute atomic E-state index is 0.182. The van der Waals surface area contributed by atoms with Gasteiger partial charge < -0.3 is 4.90 Å². The van der Waals surface area contributed by atoms with Gasteiger partial charge in [0.2, 0.25) is 0 Å². The van der Waals surface area contributed by atoms with Gasteiger partial charge in [0, 0.05) is 18.6 Å². The average molecular weight is 251 g/mol. The molecule has 1 heterocycles. The molecule has 2 rings (SSSR count). The summed E-state index contributed by atoms with van der Waals surface area (Å²) in [6.45, 7) is 0.478. The highest BCUT2D eigenvalue weighted by atomic mass is 35.5. The molecule has 0 radical (unpaired) electrons. The Labute approximate surface area is 103 Å². The normalized spacial score (nSPS) is 10.2. The summed E-state index contributed by atoms with van der Waals surface area (Å²) in [4.78, 5) is 13.4. The molecule has 5 nitrogen and oxygen atoms in total. The Bertz CT molecular complexity index is 512. The molecule has 1 N–H and O–H groups in total. The van der Waals surface area contributed by atoms with Crippen LogP contribution in [0.5, 0.6) is 0 Å². The van der Waals surface area contributed by atoms with Crippen molar-refractivity contribution in [2.45, 2.75) is 6.54 Å². The molecule has 0 bridgehead atoms. The van der Waals surface area contributed by atoms with Crippen LogP contribution in [0.1, 0.15) is 16.1 Å². The fraction of sp³-hybridized carbons (Fsp3) is 0.182. The maximum Gasteiger partial charge on any atom is 0.276 e. The van der Waals surface area contributed by atoms with Crippen molar-refractivity contribution in [3.63, 3.8) is 0 Å². The molecule has 0 unspecified atom stereocenters. The third-order valence-electron chi connectivity index (χ3n) is 2.29. The number of hydrogen-bond donors (Lipinski definition) is 1. The predicted octanol–water partition coefficient (Wildman–Crippen LogP) is 1.73. The Morgan fingerprint density at radius 3 is 3.00 bits per heavy atom. The molecule has 0 aliphatic rings. The molecule has 1 amide bonds. The third-order valence-corrected chi connectivity index (χ3v) is 2.52. The molecule has 1 aromatic heterocycles. The molecular weight excluding hydrogens is 240 g/mol. The molecule has 0 aliphatic carbocycles. The van der Waals surface area contributed by atoms with Crippen LogP contribution in [-0.2, 0) is 6.54 Å². The maximum absolute atomic E-state index is 11.9. The van der Waals surface area contributed by atoms with Crippen LogP contribution in [0.2, 0.25) is 5.02 Å². The van der Waals surface area contributed by atoms with Gasteiger partial charge >= 0.3 is 0 Å². The van der Waals surface area contributed by atoms with E-state index in [0.29, 0.717) is 17.3 Å². The van der Waals surface area contributed by atoms with Gasteiger partial charge in [0.1, 0.15) is 0 Å². The zero-order valence-corrected chi connectivity index (χ0v) is 9.98. The predicted molar refractivity (Wildman–Crippen MR) is 63.6 cm³/mol. The SMILES string of the molecule is CN(Cc1cccc(Cl)c1)C(=O)c1cn[nH]n1. The number of nitrogens with zero attached hydrogens (tertiary/aromatic N) is 3. The fourth-order valence-corrected chi connectivity index (χ4v) is 1.69. The lowest BCUT2D eigenvalue weighted by atomic mass is 10.2. The van der Waals surface area contributed by atoms with Gasteiger partial charge in [0.25, 0.3) is 5.91 Å². The van der Waals surface area contributed by atoms with Crippen LogP contribution >= 0.6 is 11.6 Å². The molecule has 2 aromatic rings. The first-order valence-corrected chi connectivity index (χ1v) is 5.40. The van der Waals surface area contributed by atoms with Gasteiger partial charge in [0.05, 0.1) is 6.20 Å². The van der Waals surface area contributed by atoms with E-state index in [1.54, 1.807) is 18.0 Å². The Morgan fingerprint density at radius 2 is 2.35 bits per heavy atom. The van der Waals surface area contributed by atoms with Gasteiger partial charge in [-0.2, -0.15) is 15.4 Å². The lowest BCUT2D eigenvalue weighted by Gasteiger charge is -2.15. The number of hydrogen-bond acceptors (Lipinski definition) is 3. The van der Waals surface area contributed by atoms with Crippen LogP contribution in [0.25, 0.3) is 0 Å². The molecular formula is C11H11ClN4O. The number of carbonyl (C=O) groups is 1. The summed E-state index contributed by atoms with van der Waals surface area (Å²) >= 11 is 5.88. The summed E-state index contributed by atoms with van der Waals surface area (Å²) < 4.78 is 0. The summed E-state index contributed by atoms with van der Waals surface area (Å²) in [7, 11) is 1.71. The largest absolute Gasteiger partial charge is 0.336 e. The molecule has 0 fully saturated rings. The second-order valence-corrected chi connectivity index (χ2v) is 4.08. The van der Waals surface area contributed by atoms with Crippen LogP contribution in [0, 0.1) is 0 Å². The van der Waals surface area contributed by atoms with Gasteiger partial charge in [-0.1, -0.05) is 23.7 Å². The van der Waals surface area contributed by atoms with Gasteiger partial charge in [-0.3, -0.25) is 4.79 Å². The summed E-state index contributed by atoms with van der Waals surface area (Å²) in [5.74, 6) is -0.182. The van der Waals surface area contributed by atoms with E-state index >= 15 is 0 Å². The Morgan fingerprint density at radius 1 is 1.53 bits per heavy atom. The van der Waals surface area contributed by atoms with Gasteiger partial charge in [-0.25, -0.2) is 0 Å². The number of amides is 1. The summed E-state index contributed by atoms with van der Waals surface area (Å²) in [5.41, 5.74) is 1.27. The van der Waals surface area contributed by atoms with Crippen molar-refractivity contribution in [1.29, 1.82) is 0 Å². The van der Waals surface area contributed by atoms with Crippen molar-refractivity contribution in [2.24, 2.45) is 0 Å². The number of nitrogens with one attached hydrogen (secondary N) is 1. The first-order chi connectivity index (χ1) is 8.16. The molecule has 88 valence electrons. The van der Waals surface area contributed by atoms with E-state index in [-0.39, 0.29) is 5.91 Å². The van der Waals surface area contributed by atoms with E-state index in [0.717, 1.165) is 5.56 Å². The quantitative estimate of drug-likeness (QED) is 0.902. The van der Waals surface area contributed by atoms with E-state index in [1.165, 1.54) is 6.20 Å². The number of aromatic amines is 1. The number of rotatable bonds is 3. The van der Waals surface area contributed by atoms with Gasteiger partial charge in [-0.05, 0) is 17.7 Å². The Kier molecular flexibility index (Phi) is 3.39. The standard InChI is InChI=1S/C11H11ClN4O/c1-16(11(17)10-6-13-15-14-10)7-8-3-2-4-9(12)5-8/h2-6H,7H2,1H3,(H,13,14,15). The zero-order chi connectivity index (χ0) is 12.3. The first-order valence-electron chi connectivity index (χ1n) is 5.02. The molecule has 0 aliphatic heterocycles. The van der Waals surface area contributed by atoms with Crippen molar-refractivity contribution in [3.8, 4) is 0 Å². The number of H-pyrrole nitrogens is 1. The lowest BCUT2D eigenvalue weighted by Crippen LogP contribution is -2.26. The van der Waals surface area contributed by atoms with Crippen LogP contribution in [0.4, 0.5) is 0 Å². The Hall–Kier alpha value is -1.88. The summed E-state index contributed by atoms with van der Waals surface area (Å²) in [6, 6.07) is 7.39. The Balaban J connectivity index is 2.07. The van der Waals surface area contributed by atoms with Crippen molar-refractivity contribution < 1.29 is 4.79 Å².